The van der Waals surface area contributed by atoms with Crippen LogP contribution in [0, 0.1) is 0 Å². The fraction of sp³-hybridized carbons (Fsp3) is 0.250. The summed E-state index contributed by atoms with van der Waals surface area (Å²) in [6, 6.07) is 15.0. The Labute approximate surface area is 166 Å². The number of methoxy groups -OCH3 is 1. The van der Waals surface area contributed by atoms with Crippen molar-refractivity contribution in [2.75, 3.05) is 19.0 Å². The lowest BCUT2D eigenvalue weighted by Crippen LogP contribution is -2.25. The van der Waals surface area contributed by atoms with Gasteiger partial charge < -0.3 is 9.47 Å². The highest BCUT2D eigenvalue weighted by molar-refractivity contribution is 8.15. The summed E-state index contributed by atoms with van der Waals surface area (Å²) in [5.74, 6) is 0.510. The molecule has 0 bridgehead atoms. The van der Waals surface area contributed by atoms with Crippen LogP contribution in [0.4, 0.5) is 15.3 Å². The average Bonchev–Trinajstić information content (AvgIpc) is 3.01. The molecule has 2 aromatic rings. The molecule has 1 unspecified atom stereocenters. The molecule has 1 fully saturated rings. The molecule has 0 radical (unpaired) electrons. The van der Waals surface area contributed by atoms with Gasteiger partial charge in [-0.2, -0.15) is 0 Å². The van der Waals surface area contributed by atoms with Crippen molar-refractivity contribution in [3.05, 3.63) is 59.7 Å². The number of hydrogen-bond donors (Lipinski definition) is 2. The van der Waals surface area contributed by atoms with Gasteiger partial charge in [0.1, 0.15) is 5.75 Å². The number of nitrogens with one attached hydrogen (secondary N) is 2. The first-order chi connectivity index (χ1) is 13.5. The van der Waals surface area contributed by atoms with E-state index >= 15 is 0 Å². The van der Waals surface area contributed by atoms with E-state index in [2.05, 4.69) is 15.4 Å². The summed E-state index contributed by atoms with van der Waals surface area (Å²) in [5.41, 5.74) is 2.73. The fourth-order valence-corrected chi connectivity index (χ4v) is 3.53. The van der Waals surface area contributed by atoms with Crippen LogP contribution in [0.25, 0.3) is 0 Å². The zero-order chi connectivity index (χ0) is 19.9. The molecule has 0 aromatic heterocycles. The molecule has 2 N–H and O–H groups in total. The Morgan fingerprint density at radius 2 is 1.75 bits per heavy atom. The van der Waals surface area contributed by atoms with Gasteiger partial charge in [0.25, 0.3) is 5.24 Å². The van der Waals surface area contributed by atoms with Crippen LogP contribution in [0.15, 0.2) is 48.5 Å². The van der Waals surface area contributed by atoms with Gasteiger partial charge in [-0.1, -0.05) is 36.0 Å². The molecule has 3 rings (SSSR count). The maximum atomic E-state index is 11.6. The van der Waals surface area contributed by atoms with E-state index in [1.54, 1.807) is 0 Å². The monoisotopic (exact) mass is 400 g/mol. The number of benzene rings is 2. The Bertz CT molecular complexity index is 852. The standard InChI is InChI=1S/C20H20N2O5S/c1-26-19(24)21-15-6-2-13(3-7-15)10-11-27-16-8-4-14(5-9-16)12-17-18(23)22-20(25)28-17/h2-9,17H,10-12H2,1H3,(H,21,24)(H,22,23,25). The van der Waals surface area contributed by atoms with Crippen LogP contribution in [0.1, 0.15) is 11.1 Å². The predicted octanol–water partition coefficient (Wildman–Crippen LogP) is 3.38. The second kappa shape index (κ2) is 9.27. The average molecular weight is 400 g/mol. The lowest BCUT2D eigenvalue weighted by atomic mass is 10.1. The van der Waals surface area contributed by atoms with E-state index in [1.165, 1.54) is 7.11 Å². The minimum atomic E-state index is -0.502. The van der Waals surface area contributed by atoms with Crippen LogP contribution in [0.3, 0.4) is 0 Å². The third-order valence-corrected chi connectivity index (χ3v) is 5.14. The minimum absolute atomic E-state index is 0.233. The number of imide groups is 1. The molecule has 1 atom stereocenters. The summed E-state index contributed by atoms with van der Waals surface area (Å²) >= 11 is 1.03. The quantitative estimate of drug-likeness (QED) is 0.740. The SMILES string of the molecule is COC(=O)Nc1ccc(CCOc2ccc(CC3SC(=O)NC3=O)cc2)cc1. The summed E-state index contributed by atoms with van der Waals surface area (Å²) in [6.07, 6.45) is 0.730. The Kier molecular flexibility index (Phi) is 6.54. The van der Waals surface area contributed by atoms with E-state index in [0.29, 0.717) is 18.7 Å². The lowest BCUT2D eigenvalue weighted by molar-refractivity contribution is -0.118. The molecule has 1 aliphatic rings. The Hall–Kier alpha value is -3.00. The van der Waals surface area contributed by atoms with Gasteiger partial charge >= 0.3 is 6.09 Å². The molecule has 1 saturated heterocycles. The number of carbonyl (C=O) groups excluding carboxylic acids is 3. The molecule has 28 heavy (non-hydrogen) atoms. The van der Waals surface area contributed by atoms with Crippen molar-refractivity contribution in [2.45, 2.75) is 18.1 Å². The van der Waals surface area contributed by atoms with Crippen molar-refractivity contribution in [1.82, 2.24) is 5.32 Å². The first-order valence-electron chi connectivity index (χ1n) is 8.70. The van der Waals surface area contributed by atoms with E-state index in [1.807, 2.05) is 48.5 Å². The van der Waals surface area contributed by atoms with Gasteiger partial charge in [0.15, 0.2) is 0 Å². The van der Waals surface area contributed by atoms with Crippen LogP contribution in [0.5, 0.6) is 5.75 Å². The molecular formula is C20H20N2O5S. The second-order valence-corrected chi connectivity index (χ2v) is 7.32. The summed E-state index contributed by atoms with van der Waals surface area (Å²) < 4.78 is 10.3. The van der Waals surface area contributed by atoms with Gasteiger partial charge in [0.2, 0.25) is 5.91 Å². The number of rotatable bonds is 7. The minimum Gasteiger partial charge on any atom is -0.493 e. The Balaban J connectivity index is 1.44. The lowest BCUT2D eigenvalue weighted by Gasteiger charge is -2.09. The summed E-state index contributed by atoms with van der Waals surface area (Å²) in [4.78, 5) is 34.0. The second-order valence-electron chi connectivity index (χ2n) is 6.14. The van der Waals surface area contributed by atoms with Crippen LogP contribution in [0.2, 0.25) is 0 Å². The summed E-state index contributed by atoms with van der Waals surface area (Å²) in [6.45, 7) is 0.512. The van der Waals surface area contributed by atoms with E-state index in [9.17, 15) is 14.4 Å². The third kappa shape index (κ3) is 5.50. The van der Waals surface area contributed by atoms with Crippen molar-refractivity contribution in [2.24, 2.45) is 0 Å². The van der Waals surface area contributed by atoms with E-state index in [-0.39, 0.29) is 16.4 Å². The normalized spacial score (nSPS) is 15.8. The van der Waals surface area contributed by atoms with Crippen LogP contribution < -0.4 is 15.4 Å². The molecule has 7 nitrogen and oxygen atoms in total. The van der Waals surface area contributed by atoms with Gasteiger partial charge in [-0.25, -0.2) is 4.79 Å². The number of anilines is 1. The van der Waals surface area contributed by atoms with Crippen molar-refractivity contribution in [3.63, 3.8) is 0 Å². The van der Waals surface area contributed by atoms with Gasteiger partial charge in [0.05, 0.1) is 19.0 Å². The topological polar surface area (TPSA) is 93.7 Å². The van der Waals surface area contributed by atoms with Gasteiger partial charge in [-0.05, 0) is 41.8 Å². The van der Waals surface area contributed by atoms with Gasteiger partial charge in [0, 0.05) is 12.1 Å². The van der Waals surface area contributed by atoms with E-state index < -0.39 is 6.09 Å². The third-order valence-electron chi connectivity index (χ3n) is 4.16. The highest BCUT2D eigenvalue weighted by atomic mass is 32.2. The van der Waals surface area contributed by atoms with Gasteiger partial charge in [-0.3, -0.25) is 20.2 Å². The molecule has 1 aliphatic heterocycles. The fourth-order valence-electron chi connectivity index (χ4n) is 2.67. The molecule has 0 spiro atoms. The summed E-state index contributed by atoms with van der Waals surface area (Å²) in [5, 5.41) is 4.24. The van der Waals surface area contributed by atoms with Gasteiger partial charge in [-0.15, -0.1) is 0 Å². The molecule has 146 valence electrons. The van der Waals surface area contributed by atoms with Crippen LogP contribution in [-0.2, 0) is 22.4 Å². The molecule has 1 heterocycles. The molecule has 2 aromatic carbocycles. The number of amides is 3. The molecule has 0 aliphatic carbocycles. The van der Waals surface area contributed by atoms with E-state index in [0.717, 1.165) is 35.1 Å². The molecular weight excluding hydrogens is 380 g/mol. The van der Waals surface area contributed by atoms with E-state index in [4.69, 9.17) is 4.74 Å². The van der Waals surface area contributed by atoms with Crippen molar-refractivity contribution in [3.8, 4) is 5.75 Å². The highest BCUT2D eigenvalue weighted by Crippen LogP contribution is 2.24. The first-order valence-corrected chi connectivity index (χ1v) is 9.58. The smallest absolute Gasteiger partial charge is 0.411 e. The van der Waals surface area contributed by atoms with Crippen LogP contribution in [-0.4, -0.2) is 36.2 Å². The Morgan fingerprint density at radius 1 is 1.07 bits per heavy atom. The largest absolute Gasteiger partial charge is 0.493 e. The molecule has 8 heteroatoms. The Morgan fingerprint density at radius 3 is 2.36 bits per heavy atom. The zero-order valence-electron chi connectivity index (χ0n) is 15.3. The number of hydrogen-bond acceptors (Lipinski definition) is 6. The summed E-state index contributed by atoms with van der Waals surface area (Å²) in [7, 11) is 1.32. The number of carbonyl (C=O) groups is 3. The zero-order valence-corrected chi connectivity index (χ0v) is 16.1. The molecule has 0 saturated carbocycles. The maximum absolute atomic E-state index is 11.6. The predicted molar refractivity (Wildman–Crippen MR) is 107 cm³/mol. The van der Waals surface area contributed by atoms with Crippen molar-refractivity contribution in [1.29, 1.82) is 0 Å². The molecule has 3 amide bonds. The number of ether oxygens (including phenoxy) is 2. The highest BCUT2D eigenvalue weighted by Gasteiger charge is 2.31. The first kappa shape index (κ1) is 19.8. The van der Waals surface area contributed by atoms with Crippen molar-refractivity contribution >= 4 is 34.7 Å². The van der Waals surface area contributed by atoms with Crippen LogP contribution >= 0.6 is 11.8 Å². The van der Waals surface area contributed by atoms with Crippen molar-refractivity contribution < 1.29 is 23.9 Å². The number of thioether (sulfide) groups is 1. The maximum Gasteiger partial charge on any atom is 0.411 e.